The van der Waals surface area contributed by atoms with E-state index in [-0.39, 0.29) is 44.3 Å². The highest BCUT2D eigenvalue weighted by molar-refractivity contribution is 5.82. The van der Waals surface area contributed by atoms with Crippen LogP contribution in [0.15, 0.2) is 18.3 Å². The number of hydrogen-bond acceptors (Lipinski definition) is 5. The average Bonchev–Trinajstić information content (AvgIpc) is 3.37. The van der Waals surface area contributed by atoms with Gasteiger partial charge in [0.1, 0.15) is 0 Å². The third kappa shape index (κ3) is 4.93. The zero-order valence-corrected chi connectivity index (χ0v) is 15.5. The highest BCUT2D eigenvalue weighted by Gasteiger charge is 2.61. The molecule has 0 unspecified atom stereocenters. The first-order valence-corrected chi connectivity index (χ1v) is 9.06. The van der Waals surface area contributed by atoms with Gasteiger partial charge in [-0.15, -0.1) is 0 Å². The number of carbonyl (C=O) groups is 2. The Morgan fingerprint density at radius 3 is 2.37 bits per heavy atom. The van der Waals surface area contributed by atoms with Gasteiger partial charge in [-0.25, -0.2) is 4.79 Å². The Morgan fingerprint density at radius 2 is 1.83 bits per heavy atom. The van der Waals surface area contributed by atoms with Crippen molar-refractivity contribution >= 4 is 12.0 Å². The number of rotatable bonds is 4. The minimum atomic E-state index is -5.76. The second-order valence-corrected chi connectivity index (χ2v) is 7.39. The van der Waals surface area contributed by atoms with Crippen molar-refractivity contribution in [3.8, 4) is 0 Å². The third-order valence-corrected chi connectivity index (χ3v) is 5.41. The first-order chi connectivity index (χ1) is 13.9. The first kappa shape index (κ1) is 22.1. The molecule has 1 aliphatic carbocycles. The molecule has 1 spiro atoms. The predicted molar refractivity (Wildman–Crippen MR) is 87.6 cm³/mol. The smallest absolute Gasteiger partial charge is 0.426 e. The lowest BCUT2D eigenvalue weighted by molar-refractivity contribution is -0.308. The van der Waals surface area contributed by atoms with Crippen molar-refractivity contribution in [1.29, 1.82) is 0 Å². The van der Waals surface area contributed by atoms with Crippen molar-refractivity contribution in [1.82, 2.24) is 20.4 Å². The van der Waals surface area contributed by atoms with Gasteiger partial charge in [0.15, 0.2) is 0 Å². The fourth-order valence-electron chi connectivity index (χ4n) is 3.63. The van der Waals surface area contributed by atoms with Crippen LogP contribution in [0.2, 0.25) is 0 Å². The summed E-state index contributed by atoms with van der Waals surface area (Å²) in [6.07, 6.45) is -14.8. The monoisotopic (exact) mass is 440 g/mol. The standard InChI is InChI=1S/C17H18F6N4O3/c18-16(19,20)13(17(21,22)23)30-14(29)27-6-3-15(4-7-27)8-11(15)12(28)24-9-10-2-1-5-25-26-10/h1-2,5,11,13H,3-4,6-9H2,(H,24,28)/t11-/m0/s1. The van der Waals surface area contributed by atoms with E-state index in [0.29, 0.717) is 12.1 Å². The minimum absolute atomic E-state index is 0.0881. The van der Waals surface area contributed by atoms with Crippen molar-refractivity contribution in [2.24, 2.45) is 11.3 Å². The number of hydrogen-bond donors (Lipinski definition) is 1. The Morgan fingerprint density at radius 1 is 1.20 bits per heavy atom. The van der Waals surface area contributed by atoms with Crippen molar-refractivity contribution in [3.63, 3.8) is 0 Å². The summed E-state index contributed by atoms with van der Waals surface area (Å²) < 4.78 is 79.0. The van der Waals surface area contributed by atoms with Gasteiger partial charge >= 0.3 is 18.4 Å². The lowest BCUT2D eigenvalue weighted by Gasteiger charge is -2.33. The molecule has 2 aliphatic rings. The van der Waals surface area contributed by atoms with E-state index in [0.717, 1.165) is 4.90 Å². The van der Waals surface area contributed by atoms with Crippen LogP contribution >= 0.6 is 0 Å². The highest BCUT2D eigenvalue weighted by atomic mass is 19.4. The Kier molecular flexibility index (Phi) is 5.83. The van der Waals surface area contributed by atoms with Gasteiger partial charge in [-0.2, -0.15) is 36.5 Å². The number of piperidine rings is 1. The molecule has 2 amide bonds. The lowest BCUT2D eigenvalue weighted by Crippen LogP contribution is -2.49. The summed E-state index contributed by atoms with van der Waals surface area (Å²) >= 11 is 0. The van der Waals surface area contributed by atoms with Crippen LogP contribution in [0.25, 0.3) is 0 Å². The molecule has 1 atom stereocenters. The molecular weight excluding hydrogens is 422 g/mol. The molecule has 1 aromatic heterocycles. The fourth-order valence-corrected chi connectivity index (χ4v) is 3.63. The predicted octanol–water partition coefficient (Wildman–Crippen LogP) is 2.82. The van der Waals surface area contributed by atoms with Crippen LogP contribution in [0.3, 0.4) is 0 Å². The number of carbonyl (C=O) groups excluding carboxylic acids is 2. The maximum Gasteiger partial charge on any atom is 0.434 e. The molecule has 1 saturated carbocycles. The van der Waals surface area contributed by atoms with E-state index < -0.39 is 30.0 Å². The van der Waals surface area contributed by atoms with Gasteiger partial charge in [0.2, 0.25) is 5.91 Å². The SMILES string of the molecule is O=C(NCc1cccnn1)[C@@H]1CC12CCN(C(=O)OC(C(F)(F)F)C(F)(F)F)CC2. The fraction of sp³-hybridized carbons (Fsp3) is 0.647. The van der Waals surface area contributed by atoms with E-state index in [9.17, 15) is 35.9 Å². The molecule has 1 saturated heterocycles. The van der Waals surface area contributed by atoms with Crippen molar-refractivity contribution in [2.45, 2.75) is 44.3 Å². The quantitative estimate of drug-likeness (QED) is 0.728. The molecule has 1 aliphatic heterocycles. The molecule has 3 rings (SSSR count). The van der Waals surface area contributed by atoms with E-state index in [1.165, 1.54) is 6.20 Å². The number of halogens is 6. The third-order valence-electron chi connectivity index (χ3n) is 5.41. The maximum absolute atomic E-state index is 12.5. The van der Waals surface area contributed by atoms with Crippen LogP contribution in [0.1, 0.15) is 25.0 Å². The van der Waals surface area contributed by atoms with Gasteiger partial charge < -0.3 is 15.0 Å². The van der Waals surface area contributed by atoms with Crippen LogP contribution in [-0.4, -0.2) is 58.6 Å². The van der Waals surface area contributed by atoms with E-state index >= 15 is 0 Å². The second kappa shape index (κ2) is 7.91. The van der Waals surface area contributed by atoms with Crippen LogP contribution in [0.4, 0.5) is 31.1 Å². The minimum Gasteiger partial charge on any atom is -0.426 e. The van der Waals surface area contributed by atoms with Gasteiger partial charge in [-0.05, 0) is 36.8 Å². The summed E-state index contributed by atoms with van der Waals surface area (Å²) in [4.78, 5) is 24.9. The first-order valence-electron chi connectivity index (χ1n) is 9.06. The maximum atomic E-state index is 12.5. The summed E-state index contributed by atoms with van der Waals surface area (Å²) in [5, 5.41) is 10.3. The number of aromatic nitrogens is 2. The highest BCUT2D eigenvalue weighted by Crippen LogP contribution is 2.59. The average molecular weight is 440 g/mol. The molecule has 0 radical (unpaired) electrons. The summed E-state index contributed by atoms with van der Waals surface area (Å²) in [7, 11) is 0. The van der Waals surface area contributed by atoms with Crippen molar-refractivity contribution in [2.75, 3.05) is 13.1 Å². The molecule has 0 aromatic carbocycles. The molecule has 7 nitrogen and oxygen atoms in total. The molecule has 1 N–H and O–H groups in total. The second-order valence-electron chi connectivity index (χ2n) is 7.39. The summed E-state index contributed by atoms with van der Waals surface area (Å²) in [6.45, 7) is 0.0123. The van der Waals surface area contributed by atoms with Crippen LogP contribution < -0.4 is 5.32 Å². The van der Waals surface area contributed by atoms with E-state index in [4.69, 9.17) is 0 Å². The number of nitrogens with one attached hydrogen (secondary N) is 1. The van der Waals surface area contributed by atoms with E-state index in [1.54, 1.807) is 12.1 Å². The van der Waals surface area contributed by atoms with Gasteiger partial charge in [0.05, 0.1) is 12.2 Å². The normalized spacial score (nSPS) is 20.9. The largest absolute Gasteiger partial charge is 0.434 e. The van der Waals surface area contributed by atoms with E-state index in [1.807, 2.05) is 0 Å². The van der Waals surface area contributed by atoms with Crippen LogP contribution in [-0.2, 0) is 16.1 Å². The Balaban J connectivity index is 1.49. The molecule has 166 valence electrons. The summed E-state index contributed by atoms with van der Waals surface area (Å²) in [5.74, 6) is -0.545. The van der Waals surface area contributed by atoms with Gasteiger partial charge in [-0.1, -0.05) is 0 Å². The summed E-state index contributed by atoms with van der Waals surface area (Å²) in [6, 6.07) is 3.36. The summed E-state index contributed by atoms with van der Waals surface area (Å²) in [5.41, 5.74) is 0.165. The topological polar surface area (TPSA) is 84.4 Å². The Labute approximate surface area is 166 Å². The Hall–Kier alpha value is -2.60. The molecule has 2 fully saturated rings. The molecule has 30 heavy (non-hydrogen) atoms. The van der Waals surface area contributed by atoms with E-state index in [2.05, 4.69) is 20.3 Å². The molecule has 1 aromatic rings. The number of ether oxygens (including phenoxy) is 1. The zero-order chi connectivity index (χ0) is 22.2. The number of nitrogens with zero attached hydrogens (tertiary/aromatic N) is 3. The molecule has 0 bridgehead atoms. The van der Waals surface area contributed by atoms with Crippen molar-refractivity contribution in [3.05, 3.63) is 24.0 Å². The van der Waals surface area contributed by atoms with Crippen molar-refractivity contribution < 1.29 is 40.7 Å². The molecule has 13 heteroatoms. The van der Waals surface area contributed by atoms with Gasteiger partial charge in [0.25, 0.3) is 6.10 Å². The Bertz CT molecular complexity index is 764. The molecule has 2 heterocycles. The van der Waals surface area contributed by atoms with Gasteiger partial charge in [-0.3, -0.25) is 4.79 Å². The van der Waals surface area contributed by atoms with Crippen LogP contribution in [0.5, 0.6) is 0 Å². The lowest BCUT2D eigenvalue weighted by atomic mass is 9.91. The molecular formula is C17H18F6N4O3. The van der Waals surface area contributed by atoms with Gasteiger partial charge in [0, 0.05) is 25.2 Å². The van der Waals surface area contributed by atoms with Crippen LogP contribution in [0, 0.1) is 11.3 Å². The number of amides is 2. The zero-order valence-electron chi connectivity index (χ0n) is 15.5. The number of likely N-dealkylation sites (tertiary alicyclic amines) is 1. The number of alkyl halides is 6.